The molecule has 4 nitrogen and oxygen atoms in total. The van der Waals surface area contributed by atoms with E-state index in [4.69, 9.17) is 23.8 Å². The van der Waals surface area contributed by atoms with E-state index in [-0.39, 0.29) is 11.9 Å². The van der Waals surface area contributed by atoms with Crippen molar-refractivity contribution in [3.05, 3.63) is 28.0 Å². The monoisotopic (exact) mass is 311 g/mol. The predicted octanol–water partition coefficient (Wildman–Crippen LogP) is 3.69. The zero-order valence-corrected chi connectivity index (χ0v) is 13.3. The molecule has 1 amide bonds. The molecule has 0 bridgehead atoms. The number of nitrogens with one attached hydrogen (secondary N) is 2. The van der Waals surface area contributed by atoms with Crippen LogP contribution in [0.25, 0.3) is 11.0 Å². The Morgan fingerprint density at radius 1 is 1.45 bits per heavy atom. The Hall–Kier alpha value is -1.33. The van der Waals surface area contributed by atoms with Gasteiger partial charge in [0.05, 0.1) is 11.0 Å². The van der Waals surface area contributed by atoms with E-state index >= 15 is 0 Å². The second kappa shape index (κ2) is 5.97. The minimum atomic E-state index is -0.365. The summed E-state index contributed by atoms with van der Waals surface area (Å²) in [6, 6.07) is 5.11. The number of carbonyl (C=O) groups is 1. The van der Waals surface area contributed by atoms with Gasteiger partial charge in [0.1, 0.15) is 6.04 Å². The summed E-state index contributed by atoms with van der Waals surface area (Å²) in [6.45, 7) is 6.62. The molecule has 2 N–H and O–H groups in total. The van der Waals surface area contributed by atoms with Crippen LogP contribution in [0.4, 0.5) is 0 Å². The first kappa shape index (κ1) is 15.1. The van der Waals surface area contributed by atoms with Gasteiger partial charge in [0.2, 0.25) is 5.91 Å². The molecule has 0 aliphatic rings. The van der Waals surface area contributed by atoms with Crippen LogP contribution in [0.5, 0.6) is 0 Å². The number of hydrogen-bond acceptors (Lipinski definition) is 2. The van der Waals surface area contributed by atoms with E-state index in [1.54, 1.807) is 6.07 Å². The summed E-state index contributed by atoms with van der Waals surface area (Å²) in [5.74, 6) is 0.381. The highest BCUT2D eigenvalue weighted by Gasteiger charge is 2.18. The number of rotatable bonds is 4. The third-order valence-electron chi connectivity index (χ3n) is 3.13. The fourth-order valence-electron chi connectivity index (χ4n) is 2.06. The molecule has 1 heterocycles. The van der Waals surface area contributed by atoms with Crippen LogP contribution >= 0.6 is 23.8 Å². The molecular formula is C14H18ClN3OS. The molecule has 0 saturated heterocycles. The number of halogens is 1. The summed E-state index contributed by atoms with van der Waals surface area (Å²) in [5.41, 5.74) is 1.72. The van der Waals surface area contributed by atoms with Crippen molar-refractivity contribution < 1.29 is 4.79 Å². The van der Waals surface area contributed by atoms with Gasteiger partial charge in [0.25, 0.3) is 0 Å². The van der Waals surface area contributed by atoms with E-state index in [0.29, 0.717) is 22.3 Å². The van der Waals surface area contributed by atoms with Crippen molar-refractivity contribution in [2.45, 2.75) is 26.8 Å². The van der Waals surface area contributed by atoms with Crippen molar-refractivity contribution in [2.75, 3.05) is 6.54 Å². The average Bonchev–Trinajstić information content (AvgIpc) is 2.69. The van der Waals surface area contributed by atoms with Gasteiger partial charge in [-0.2, -0.15) is 0 Å². The van der Waals surface area contributed by atoms with Crippen molar-refractivity contribution >= 4 is 40.8 Å². The molecule has 0 aliphatic carbocycles. The Morgan fingerprint density at radius 3 is 2.80 bits per heavy atom. The lowest BCUT2D eigenvalue weighted by atomic mass is 10.2. The fraction of sp³-hybridized carbons (Fsp3) is 0.429. The number of fused-ring (bicyclic) bond motifs is 1. The van der Waals surface area contributed by atoms with Crippen LogP contribution in [0.15, 0.2) is 18.2 Å². The Kier molecular flexibility index (Phi) is 4.50. The summed E-state index contributed by atoms with van der Waals surface area (Å²) in [7, 11) is 0. The first-order valence-corrected chi connectivity index (χ1v) is 7.36. The van der Waals surface area contributed by atoms with Crippen LogP contribution in [0.1, 0.15) is 26.8 Å². The third kappa shape index (κ3) is 3.04. The van der Waals surface area contributed by atoms with Crippen LogP contribution < -0.4 is 5.32 Å². The molecule has 0 fully saturated rings. The van der Waals surface area contributed by atoms with Crippen LogP contribution in [0, 0.1) is 10.7 Å². The smallest absolute Gasteiger partial charge is 0.242 e. The maximum Gasteiger partial charge on any atom is 0.242 e. The maximum absolute atomic E-state index is 12.2. The van der Waals surface area contributed by atoms with Gasteiger partial charge >= 0.3 is 0 Å². The lowest BCUT2D eigenvalue weighted by Gasteiger charge is -2.15. The van der Waals surface area contributed by atoms with Gasteiger partial charge in [-0.25, -0.2) is 0 Å². The Morgan fingerprint density at radius 2 is 2.15 bits per heavy atom. The van der Waals surface area contributed by atoms with Gasteiger partial charge < -0.3 is 14.9 Å². The standard InChI is InChI=1S/C14H18ClN3OS/c1-8(2)7-16-13(19)9(3)18-12-5-4-10(15)6-11(12)17-14(18)20/h4-6,8-9H,7H2,1-3H3,(H,16,19)(H,17,20). The molecule has 6 heteroatoms. The minimum Gasteiger partial charge on any atom is -0.354 e. The zero-order chi connectivity index (χ0) is 14.9. The van der Waals surface area contributed by atoms with Crippen LogP contribution in [-0.2, 0) is 4.79 Å². The number of hydrogen-bond donors (Lipinski definition) is 2. The SMILES string of the molecule is CC(C)CNC(=O)C(C)n1c(=S)[nH]c2cc(Cl)ccc21. The summed E-state index contributed by atoms with van der Waals surface area (Å²) < 4.78 is 2.34. The lowest BCUT2D eigenvalue weighted by Crippen LogP contribution is -2.33. The van der Waals surface area contributed by atoms with Gasteiger partial charge in [-0.05, 0) is 43.3 Å². The number of imidazole rings is 1. The second-order valence-corrected chi connectivity index (χ2v) is 6.10. The molecule has 1 atom stereocenters. The molecule has 0 radical (unpaired) electrons. The molecule has 0 spiro atoms. The molecule has 0 aliphatic heterocycles. The molecule has 20 heavy (non-hydrogen) atoms. The molecule has 2 rings (SSSR count). The Labute approximate surface area is 128 Å². The summed E-state index contributed by atoms with van der Waals surface area (Å²) in [4.78, 5) is 15.3. The molecule has 1 aromatic carbocycles. The average molecular weight is 312 g/mol. The Balaban J connectivity index is 2.34. The summed E-state index contributed by atoms with van der Waals surface area (Å²) in [6.07, 6.45) is 0. The number of aromatic amines is 1. The van der Waals surface area contributed by atoms with Crippen LogP contribution in [-0.4, -0.2) is 22.0 Å². The summed E-state index contributed by atoms with van der Waals surface area (Å²) in [5, 5.41) is 3.56. The molecular weight excluding hydrogens is 294 g/mol. The Bertz CT molecular complexity index is 689. The zero-order valence-electron chi connectivity index (χ0n) is 11.7. The van der Waals surface area contributed by atoms with E-state index < -0.39 is 0 Å². The van der Waals surface area contributed by atoms with Gasteiger partial charge in [-0.1, -0.05) is 25.4 Å². The first-order valence-electron chi connectivity index (χ1n) is 6.57. The summed E-state index contributed by atoms with van der Waals surface area (Å²) >= 11 is 11.3. The van der Waals surface area contributed by atoms with Crippen LogP contribution in [0.2, 0.25) is 5.02 Å². The third-order valence-corrected chi connectivity index (χ3v) is 3.66. The molecule has 108 valence electrons. The van der Waals surface area contributed by atoms with Gasteiger partial charge in [-0.3, -0.25) is 4.79 Å². The van der Waals surface area contributed by atoms with Crippen LogP contribution in [0.3, 0.4) is 0 Å². The fourth-order valence-corrected chi connectivity index (χ4v) is 2.60. The van der Waals surface area contributed by atoms with Crippen molar-refractivity contribution in [3.63, 3.8) is 0 Å². The van der Waals surface area contributed by atoms with Gasteiger partial charge in [-0.15, -0.1) is 0 Å². The van der Waals surface area contributed by atoms with E-state index in [1.165, 1.54) is 0 Å². The number of aromatic nitrogens is 2. The minimum absolute atomic E-state index is 0.0364. The van der Waals surface area contributed by atoms with E-state index in [0.717, 1.165) is 11.0 Å². The molecule has 1 unspecified atom stereocenters. The lowest BCUT2D eigenvalue weighted by molar-refractivity contribution is -0.123. The molecule has 0 saturated carbocycles. The van der Waals surface area contributed by atoms with Gasteiger partial charge in [0.15, 0.2) is 4.77 Å². The maximum atomic E-state index is 12.2. The van der Waals surface area contributed by atoms with Crippen molar-refractivity contribution in [2.24, 2.45) is 5.92 Å². The van der Waals surface area contributed by atoms with E-state index in [9.17, 15) is 4.79 Å². The normalized spacial score (nSPS) is 12.8. The van der Waals surface area contributed by atoms with Gasteiger partial charge in [0, 0.05) is 11.6 Å². The van der Waals surface area contributed by atoms with Crippen molar-refractivity contribution in [1.82, 2.24) is 14.9 Å². The number of benzene rings is 1. The number of amides is 1. The quantitative estimate of drug-likeness (QED) is 0.846. The predicted molar refractivity (Wildman–Crippen MR) is 84.7 cm³/mol. The molecule has 2 aromatic rings. The second-order valence-electron chi connectivity index (χ2n) is 5.28. The first-order chi connectivity index (χ1) is 9.40. The highest BCUT2D eigenvalue weighted by Crippen LogP contribution is 2.22. The van der Waals surface area contributed by atoms with E-state index in [1.807, 2.05) is 23.6 Å². The topological polar surface area (TPSA) is 49.8 Å². The molecule has 1 aromatic heterocycles. The highest BCUT2D eigenvalue weighted by molar-refractivity contribution is 7.71. The van der Waals surface area contributed by atoms with E-state index in [2.05, 4.69) is 24.1 Å². The van der Waals surface area contributed by atoms with Crippen molar-refractivity contribution in [3.8, 4) is 0 Å². The van der Waals surface area contributed by atoms with Crippen molar-refractivity contribution in [1.29, 1.82) is 0 Å². The highest BCUT2D eigenvalue weighted by atomic mass is 35.5. The number of nitrogens with zero attached hydrogens (tertiary/aromatic N) is 1. The largest absolute Gasteiger partial charge is 0.354 e. The number of carbonyl (C=O) groups excluding carboxylic acids is 1. The number of H-pyrrole nitrogens is 1.